The predicted molar refractivity (Wildman–Crippen MR) is 143 cm³/mol. The van der Waals surface area contributed by atoms with Crippen LogP contribution in [0.2, 0.25) is 0 Å². The van der Waals surface area contributed by atoms with Crippen molar-refractivity contribution in [3.8, 4) is 0 Å². The molecular formula is C26H50N2O6S. The summed E-state index contributed by atoms with van der Waals surface area (Å²) in [7, 11) is 0. The van der Waals surface area contributed by atoms with Crippen LogP contribution in [-0.2, 0) is 23.8 Å². The number of amides is 2. The van der Waals surface area contributed by atoms with Crippen LogP contribution >= 0.6 is 11.8 Å². The SMILES string of the molecule is CC.CC.CCC(=O)CCOCCOCCOCCCC(=O)CCCCC1SCC2NC(=O)NC21. The molecule has 2 fully saturated rings. The summed E-state index contributed by atoms with van der Waals surface area (Å²) in [4.78, 5) is 34.5. The van der Waals surface area contributed by atoms with Crippen molar-refractivity contribution in [2.24, 2.45) is 0 Å². The zero-order valence-electron chi connectivity index (χ0n) is 22.7. The first-order valence-electron chi connectivity index (χ1n) is 13.6. The minimum Gasteiger partial charge on any atom is -0.379 e. The Kier molecular flexibility index (Phi) is 22.5. The number of ketones is 2. The quantitative estimate of drug-likeness (QED) is 0.191. The number of carbonyl (C=O) groups is 3. The van der Waals surface area contributed by atoms with E-state index < -0.39 is 0 Å². The van der Waals surface area contributed by atoms with Gasteiger partial charge in [-0.2, -0.15) is 11.8 Å². The van der Waals surface area contributed by atoms with Crippen LogP contribution in [0.1, 0.15) is 86.0 Å². The Morgan fingerprint density at radius 1 is 0.800 bits per heavy atom. The number of urea groups is 1. The molecule has 0 aliphatic carbocycles. The van der Waals surface area contributed by atoms with E-state index in [1.807, 2.05) is 46.4 Å². The van der Waals surface area contributed by atoms with Gasteiger partial charge in [0.1, 0.15) is 11.6 Å². The van der Waals surface area contributed by atoms with Crippen LogP contribution in [0.4, 0.5) is 4.79 Å². The fourth-order valence-electron chi connectivity index (χ4n) is 3.71. The number of hydrogen-bond donors (Lipinski definition) is 2. The Bertz CT molecular complexity index is 564. The number of unbranched alkanes of at least 4 members (excludes halogenated alkanes) is 1. The van der Waals surface area contributed by atoms with Crippen LogP contribution in [-0.4, -0.2) is 80.3 Å². The second-order valence-corrected chi connectivity index (χ2v) is 9.26. The Hall–Kier alpha value is -1.16. The van der Waals surface area contributed by atoms with Gasteiger partial charge in [0, 0.05) is 43.3 Å². The number of fused-ring (bicyclic) bond motifs is 1. The molecule has 0 saturated carbocycles. The third kappa shape index (κ3) is 16.3. The molecule has 2 aliphatic heterocycles. The maximum absolute atomic E-state index is 12.0. The number of carbonyl (C=O) groups excluding carboxylic acids is 3. The highest BCUT2D eigenvalue weighted by Gasteiger charge is 2.42. The summed E-state index contributed by atoms with van der Waals surface area (Å²) in [5, 5.41) is 6.43. The van der Waals surface area contributed by atoms with Crippen molar-refractivity contribution >= 4 is 29.4 Å². The molecule has 8 nitrogen and oxygen atoms in total. The van der Waals surface area contributed by atoms with Gasteiger partial charge in [0.2, 0.25) is 0 Å². The Morgan fingerprint density at radius 3 is 2.06 bits per heavy atom. The van der Waals surface area contributed by atoms with Gasteiger partial charge in [0.05, 0.1) is 45.1 Å². The molecular weight excluding hydrogens is 468 g/mol. The summed E-state index contributed by atoms with van der Waals surface area (Å²) >= 11 is 1.92. The summed E-state index contributed by atoms with van der Waals surface area (Å²) in [6, 6.07) is 0.471. The van der Waals surface area contributed by atoms with E-state index >= 15 is 0 Å². The van der Waals surface area contributed by atoms with Gasteiger partial charge in [-0.1, -0.05) is 41.0 Å². The van der Waals surface area contributed by atoms with E-state index in [0.717, 1.165) is 31.4 Å². The summed E-state index contributed by atoms with van der Waals surface area (Å²) in [6.45, 7) is 12.9. The van der Waals surface area contributed by atoms with Crippen LogP contribution < -0.4 is 10.6 Å². The van der Waals surface area contributed by atoms with Crippen LogP contribution in [0.15, 0.2) is 0 Å². The molecule has 2 saturated heterocycles. The second-order valence-electron chi connectivity index (χ2n) is 7.99. The molecule has 2 aliphatic rings. The van der Waals surface area contributed by atoms with Crippen LogP contribution in [0, 0.1) is 0 Å². The molecule has 3 atom stereocenters. The van der Waals surface area contributed by atoms with E-state index in [0.29, 0.717) is 76.4 Å². The Morgan fingerprint density at radius 2 is 1.40 bits per heavy atom. The lowest BCUT2D eigenvalue weighted by Crippen LogP contribution is -2.36. The summed E-state index contributed by atoms with van der Waals surface area (Å²) in [5.74, 6) is 1.49. The van der Waals surface area contributed by atoms with Crippen molar-refractivity contribution in [3.05, 3.63) is 0 Å². The van der Waals surface area contributed by atoms with Crippen LogP contribution in [0.3, 0.4) is 0 Å². The smallest absolute Gasteiger partial charge is 0.315 e. The van der Waals surface area contributed by atoms with Crippen molar-refractivity contribution in [3.63, 3.8) is 0 Å². The highest BCUT2D eigenvalue weighted by molar-refractivity contribution is 8.00. The molecule has 0 aromatic carbocycles. The maximum Gasteiger partial charge on any atom is 0.315 e. The standard InChI is InChI=1S/C22H38N2O6S.2C2H6/c1-2-17(25)9-11-29-13-15-30-14-12-28-10-5-7-18(26)6-3-4-8-20-21-19(16-31-20)23-22(27)24-21;2*1-2/h19-21H,2-16H2,1H3,(H2,23,24,27);2*1-2H3. The highest BCUT2D eigenvalue weighted by Crippen LogP contribution is 2.33. The minimum absolute atomic E-state index is 0.0465. The molecule has 0 bridgehead atoms. The molecule has 3 unspecified atom stereocenters. The monoisotopic (exact) mass is 518 g/mol. The maximum atomic E-state index is 12.0. The van der Waals surface area contributed by atoms with Gasteiger partial charge in [-0.15, -0.1) is 0 Å². The molecule has 35 heavy (non-hydrogen) atoms. The molecule has 206 valence electrons. The Balaban J connectivity index is 0.00000274. The Labute approximate surface area is 217 Å². The highest BCUT2D eigenvalue weighted by atomic mass is 32.2. The van der Waals surface area contributed by atoms with Gasteiger partial charge >= 0.3 is 6.03 Å². The fraction of sp³-hybridized carbons (Fsp3) is 0.885. The third-order valence-corrected chi connectivity index (χ3v) is 7.05. The molecule has 0 radical (unpaired) electrons. The first-order chi connectivity index (χ1) is 17.1. The van der Waals surface area contributed by atoms with Crippen molar-refractivity contribution in [1.29, 1.82) is 0 Å². The summed E-state index contributed by atoms with van der Waals surface area (Å²) < 4.78 is 16.2. The zero-order chi connectivity index (χ0) is 26.3. The second kappa shape index (κ2) is 23.3. The first-order valence-corrected chi connectivity index (χ1v) is 14.6. The van der Waals surface area contributed by atoms with Gasteiger partial charge < -0.3 is 24.8 Å². The van der Waals surface area contributed by atoms with Gasteiger partial charge in [0.15, 0.2) is 0 Å². The largest absolute Gasteiger partial charge is 0.379 e. The number of rotatable bonds is 19. The van der Waals surface area contributed by atoms with Gasteiger partial charge in [-0.05, 0) is 19.3 Å². The first kappa shape index (κ1) is 33.8. The van der Waals surface area contributed by atoms with Crippen molar-refractivity contribution in [1.82, 2.24) is 10.6 Å². The molecule has 2 N–H and O–H groups in total. The molecule has 2 rings (SSSR count). The lowest BCUT2D eigenvalue weighted by molar-refractivity contribution is -0.120. The molecule has 2 heterocycles. The zero-order valence-corrected chi connectivity index (χ0v) is 23.5. The van der Waals surface area contributed by atoms with Gasteiger partial charge in [0.25, 0.3) is 0 Å². The number of ether oxygens (including phenoxy) is 3. The van der Waals surface area contributed by atoms with Crippen molar-refractivity contribution < 1.29 is 28.6 Å². The molecule has 9 heteroatoms. The van der Waals surface area contributed by atoms with E-state index in [4.69, 9.17) is 14.2 Å². The molecule has 0 aromatic heterocycles. The van der Waals surface area contributed by atoms with Crippen LogP contribution in [0.25, 0.3) is 0 Å². The molecule has 0 spiro atoms. The van der Waals surface area contributed by atoms with Crippen molar-refractivity contribution in [2.45, 2.75) is 103 Å². The number of hydrogen-bond acceptors (Lipinski definition) is 7. The fourth-order valence-corrected chi connectivity index (χ4v) is 5.26. The number of Topliss-reactive ketones (excluding diaryl/α,β-unsaturated/α-hetero) is 2. The van der Waals surface area contributed by atoms with E-state index in [2.05, 4.69) is 10.6 Å². The van der Waals surface area contributed by atoms with Gasteiger partial charge in [-0.25, -0.2) is 4.79 Å². The summed E-state index contributed by atoms with van der Waals surface area (Å²) in [5.41, 5.74) is 0. The van der Waals surface area contributed by atoms with E-state index in [9.17, 15) is 14.4 Å². The van der Waals surface area contributed by atoms with E-state index in [1.54, 1.807) is 0 Å². The summed E-state index contributed by atoms with van der Waals surface area (Å²) in [6.07, 6.45) is 5.95. The van der Waals surface area contributed by atoms with Gasteiger partial charge in [-0.3, -0.25) is 9.59 Å². The van der Waals surface area contributed by atoms with Crippen LogP contribution in [0.5, 0.6) is 0 Å². The average molecular weight is 519 g/mol. The topological polar surface area (TPSA) is 103 Å². The predicted octanol–water partition coefficient (Wildman–Crippen LogP) is 4.53. The number of nitrogens with one attached hydrogen (secondary N) is 2. The lowest BCUT2D eigenvalue weighted by atomic mass is 10.0. The third-order valence-electron chi connectivity index (χ3n) is 5.54. The average Bonchev–Trinajstić information content (AvgIpc) is 3.44. The minimum atomic E-state index is -0.0465. The van der Waals surface area contributed by atoms with E-state index in [1.165, 1.54) is 0 Å². The molecule has 0 aromatic rings. The molecule has 2 amide bonds. The normalized spacial score (nSPS) is 20.0. The number of thioether (sulfide) groups is 1. The lowest BCUT2D eigenvalue weighted by Gasteiger charge is -2.16. The van der Waals surface area contributed by atoms with Crippen molar-refractivity contribution in [2.75, 3.05) is 45.4 Å². The van der Waals surface area contributed by atoms with E-state index in [-0.39, 0.29) is 23.9 Å².